The number of aliphatic hydroxyl groups excluding tert-OH is 11. The molecule has 0 radical (unpaired) electrons. The lowest BCUT2D eigenvalue weighted by Gasteiger charge is -2.48. The number of hydrogen-bond acceptors (Lipinski definition) is 18. The lowest BCUT2D eigenvalue weighted by Crippen LogP contribution is -2.66. The van der Waals surface area contributed by atoms with Gasteiger partial charge in [-0.25, -0.2) is 0 Å². The number of hydrogen-bond donors (Lipinski definition) is 12. The molecule has 0 aromatic carbocycles. The first-order valence-electron chi connectivity index (χ1n) is 28.2. The molecule has 17 atom stereocenters. The highest BCUT2D eigenvalue weighted by atomic mass is 16.8. The molecule has 19 nitrogen and oxygen atoms in total. The average molecular weight is 1060 g/mol. The topological polar surface area (TPSA) is 307 Å². The van der Waals surface area contributed by atoms with Crippen LogP contribution in [0.5, 0.6) is 0 Å². The van der Waals surface area contributed by atoms with Crippen molar-refractivity contribution in [3.05, 3.63) is 36.5 Å². The van der Waals surface area contributed by atoms with E-state index in [9.17, 15) is 61.0 Å². The lowest BCUT2D eigenvalue weighted by molar-refractivity contribution is -0.379. The molecule has 17 unspecified atom stereocenters. The van der Waals surface area contributed by atoms with E-state index in [0.29, 0.717) is 12.8 Å². The molecule has 432 valence electrons. The highest BCUT2D eigenvalue weighted by Gasteiger charge is 2.53. The fraction of sp³-hybridized carbons (Fsp3) is 0.873. The van der Waals surface area contributed by atoms with E-state index in [2.05, 4.69) is 55.6 Å². The van der Waals surface area contributed by atoms with E-state index < -0.39 is 124 Å². The van der Waals surface area contributed by atoms with Crippen molar-refractivity contribution in [2.75, 3.05) is 26.4 Å². The molecule has 3 saturated heterocycles. The smallest absolute Gasteiger partial charge is 0.220 e. The van der Waals surface area contributed by atoms with E-state index in [0.717, 1.165) is 83.5 Å². The van der Waals surface area contributed by atoms with E-state index in [1.165, 1.54) is 57.8 Å². The van der Waals surface area contributed by atoms with Crippen LogP contribution in [0, 0.1) is 0 Å². The van der Waals surface area contributed by atoms with Gasteiger partial charge in [0.05, 0.1) is 38.6 Å². The third-order valence-electron chi connectivity index (χ3n) is 14.2. The molecule has 0 saturated carbocycles. The van der Waals surface area contributed by atoms with Crippen molar-refractivity contribution >= 4 is 5.91 Å². The Bertz CT molecular complexity index is 1500. The van der Waals surface area contributed by atoms with E-state index >= 15 is 0 Å². The quantitative estimate of drug-likeness (QED) is 0.0307. The summed E-state index contributed by atoms with van der Waals surface area (Å²) >= 11 is 0. The van der Waals surface area contributed by atoms with Gasteiger partial charge in [-0.15, -0.1) is 0 Å². The summed E-state index contributed by atoms with van der Waals surface area (Å²) in [5, 5.41) is 120. The van der Waals surface area contributed by atoms with Crippen LogP contribution < -0.4 is 5.32 Å². The van der Waals surface area contributed by atoms with Gasteiger partial charge in [0, 0.05) is 6.42 Å². The van der Waals surface area contributed by atoms with Crippen molar-refractivity contribution in [1.82, 2.24) is 5.32 Å². The highest BCUT2D eigenvalue weighted by molar-refractivity contribution is 5.76. The summed E-state index contributed by atoms with van der Waals surface area (Å²) in [5.74, 6) is -0.260. The van der Waals surface area contributed by atoms with Gasteiger partial charge in [0.2, 0.25) is 5.91 Å². The number of allylic oxidation sites excluding steroid dienone is 6. The SMILES string of the molecule is CCCCCCC/C=C\C/C=C\C/C=C\CCCCCCCCC(=O)NC(COC1OC(CO)C(OC2OC(CO)C(OC3OC(CO)C(O)C(O)C3O)C(O)C2O)C(O)C1O)C(O)CCCCCCCCCC. The van der Waals surface area contributed by atoms with Crippen LogP contribution in [0.25, 0.3) is 0 Å². The maximum Gasteiger partial charge on any atom is 0.220 e. The van der Waals surface area contributed by atoms with Gasteiger partial charge in [-0.3, -0.25) is 4.79 Å². The van der Waals surface area contributed by atoms with Crippen LogP contribution in [0.2, 0.25) is 0 Å². The van der Waals surface area contributed by atoms with Gasteiger partial charge in [0.15, 0.2) is 18.9 Å². The summed E-state index contributed by atoms with van der Waals surface area (Å²) in [5.41, 5.74) is 0. The first kappa shape index (κ1) is 66.3. The number of carbonyl (C=O) groups is 1. The molecule has 3 aliphatic heterocycles. The van der Waals surface area contributed by atoms with Crippen LogP contribution in [-0.4, -0.2) is 193 Å². The van der Waals surface area contributed by atoms with Crippen molar-refractivity contribution in [2.24, 2.45) is 0 Å². The fourth-order valence-electron chi connectivity index (χ4n) is 9.49. The van der Waals surface area contributed by atoms with Crippen LogP contribution >= 0.6 is 0 Å². The van der Waals surface area contributed by atoms with Gasteiger partial charge >= 0.3 is 0 Å². The van der Waals surface area contributed by atoms with Crippen LogP contribution in [0.15, 0.2) is 36.5 Å². The number of rotatable bonds is 40. The summed E-state index contributed by atoms with van der Waals surface area (Å²) in [6.45, 7) is 1.70. The van der Waals surface area contributed by atoms with Gasteiger partial charge in [-0.05, 0) is 51.4 Å². The zero-order chi connectivity index (χ0) is 54.1. The van der Waals surface area contributed by atoms with E-state index in [1.807, 2.05) is 0 Å². The number of unbranched alkanes of at least 4 members (excludes halogenated alkanes) is 18. The molecule has 3 fully saturated rings. The second-order valence-corrected chi connectivity index (χ2v) is 20.4. The molecule has 74 heavy (non-hydrogen) atoms. The third-order valence-corrected chi connectivity index (χ3v) is 14.2. The molecule has 3 aliphatic rings. The van der Waals surface area contributed by atoms with Crippen LogP contribution in [-0.2, 0) is 33.2 Å². The zero-order valence-electron chi connectivity index (χ0n) is 44.6. The molecule has 19 heteroatoms. The van der Waals surface area contributed by atoms with Crippen molar-refractivity contribution in [3.8, 4) is 0 Å². The van der Waals surface area contributed by atoms with Crippen LogP contribution in [0.3, 0.4) is 0 Å². The van der Waals surface area contributed by atoms with Crippen LogP contribution in [0.1, 0.15) is 174 Å². The van der Waals surface area contributed by atoms with Gasteiger partial charge in [0.1, 0.15) is 73.2 Å². The molecule has 0 bridgehead atoms. The van der Waals surface area contributed by atoms with E-state index in [-0.39, 0.29) is 18.9 Å². The Labute approximate surface area is 440 Å². The number of carbonyl (C=O) groups excluding carboxylic acids is 1. The Hall–Kier alpha value is -1.99. The van der Waals surface area contributed by atoms with Crippen molar-refractivity contribution in [3.63, 3.8) is 0 Å². The first-order chi connectivity index (χ1) is 35.8. The second kappa shape index (κ2) is 39.4. The van der Waals surface area contributed by atoms with E-state index in [4.69, 9.17) is 28.4 Å². The second-order valence-electron chi connectivity index (χ2n) is 20.4. The molecule has 0 aromatic rings. The number of nitrogens with one attached hydrogen (secondary N) is 1. The monoisotopic (exact) mass is 1060 g/mol. The van der Waals surface area contributed by atoms with Gasteiger partial charge < -0.3 is 89.9 Å². The van der Waals surface area contributed by atoms with Crippen molar-refractivity contribution < 1.29 is 89.4 Å². The maximum absolute atomic E-state index is 13.3. The predicted molar refractivity (Wildman–Crippen MR) is 277 cm³/mol. The minimum atomic E-state index is -1.97. The number of amides is 1. The molecular formula is C55H99NO18. The van der Waals surface area contributed by atoms with Gasteiger partial charge in [0.25, 0.3) is 0 Å². The number of ether oxygens (including phenoxy) is 6. The fourth-order valence-corrected chi connectivity index (χ4v) is 9.49. The average Bonchev–Trinajstić information content (AvgIpc) is 3.40. The Balaban J connectivity index is 1.47. The molecule has 12 N–H and O–H groups in total. The summed E-state index contributed by atoms with van der Waals surface area (Å²) in [7, 11) is 0. The molecule has 1 amide bonds. The largest absolute Gasteiger partial charge is 0.394 e. The normalized spacial score (nSPS) is 31.7. The Kier molecular flexibility index (Phi) is 35.3. The summed E-state index contributed by atoms with van der Waals surface area (Å²) < 4.78 is 34.2. The summed E-state index contributed by atoms with van der Waals surface area (Å²) in [6.07, 6.45) is 12.6. The first-order valence-corrected chi connectivity index (χ1v) is 28.2. The zero-order valence-corrected chi connectivity index (χ0v) is 44.6. The Morgan fingerprint density at radius 3 is 1.39 bits per heavy atom. The maximum atomic E-state index is 13.3. The van der Waals surface area contributed by atoms with Crippen molar-refractivity contribution in [2.45, 2.75) is 279 Å². The van der Waals surface area contributed by atoms with Crippen molar-refractivity contribution in [1.29, 1.82) is 0 Å². The lowest BCUT2D eigenvalue weighted by atomic mass is 9.96. The highest BCUT2D eigenvalue weighted by Crippen LogP contribution is 2.33. The molecule has 3 rings (SSSR count). The van der Waals surface area contributed by atoms with E-state index in [1.54, 1.807) is 0 Å². The third kappa shape index (κ3) is 23.9. The molecular weight excluding hydrogens is 963 g/mol. The molecule has 0 aliphatic carbocycles. The standard InChI is InChI=1S/C55H99NO18/c1-3-5-7-9-11-13-14-15-16-17-18-19-20-21-22-23-24-25-27-29-31-33-43(61)56-38(39(60)32-30-28-26-12-10-8-6-4-2)37-69-53-49(67)46(64)51(41(35-58)71-53)74-55-50(68)47(65)52(42(36-59)72-55)73-54-48(66)45(63)44(62)40(34-57)70-54/h14-15,17-18,20-21,38-42,44-55,57-60,62-68H,3-13,16,19,22-37H2,1-2H3,(H,56,61)/b15-14-,18-17-,21-20-. The van der Waals surface area contributed by atoms with Crippen LogP contribution in [0.4, 0.5) is 0 Å². The number of aliphatic hydroxyl groups is 11. The predicted octanol–water partition coefficient (Wildman–Crippen LogP) is 3.76. The van der Waals surface area contributed by atoms with Gasteiger partial charge in [-0.1, -0.05) is 153 Å². The Morgan fingerprint density at radius 1 is 0.486 bits per heavy atom. The summed E-state index contributed by atoms with van der Waals surface area (Å²) in [6, 6.07) is -0.891. The molecule has 3 heterocycles. The Morgan fingerprint density at radius 2 is 0.892 bits per heavy atom. The molecule has 0 aromatic heterocycles. The molecule has 0 spiro atoms. The van der Waals surface area contributed by atoms with Gasteiger partial charge in [-0.2, -0.15) is 0 Å². The minimum absolute atomic E-state index is 0.250. The summed E-state index contributed by atoms with van der Waals surface area (Å²) in [4.78, 5) is 13.3. The minimum Gasteiger partial charge on any atom is -0.394 e.